The van der Waals surface area contributed by atoms with E-state index in [0.29, 0.717) is 6.54 Å². The molecule has 0 aliphatic carbocycles. The van der Waals surface area contributed by atoms with E-state index in [2.05, 4.69) is 0 Å². The summed E-state index contributed by atoms with van der Waals surface area (Å²) in [6.07, 6.45) is 4.11. The maximum atomic E-state index is 11.2. The summed E-state index contributed by atoms with van der Waals surface area (Å²) < 4.78 is 33.1. The number of aromatic carboxylic acids is 1. The summed E-state index contributed by atoms with van der Waals surface area (Å²) in [6, 6.07) is 14.6. The zero-order chi connectivity index (χ0) is 20.7. The Morgan fingerprint density at radius 1 is 1.14 bits per heavy atom. The van der Waals surface area contributed by atoms with Gasteiger partial charge >= 0.3 is 5.97 Å². The molecule has 148 valence electrons. The first-order valence-electron chi connectivity index (χ1n) is 8.81. The standard InChI is InChI=1S/C21H23NO5S/c1-16-15-19(21(23)24)11-12-20(16)22(13-6-14-28(25,26)27)17(2)9-10-18-7-4-3-5-8-18/h3-5,7-12,15H,6,13-14H2,1-2H3,(H-,23,24,25,26,27)/p+1/b10-9+,22-17?. The van der Waals surface area contributed by atoms with Crippen LogP contribution >= 0.6 is 0 Å². The van der Waals surface area contributed by atoms with E-state index in [0.717, 1.165) is 22.5 Å². The normalized spacial score (nSPS) is 12.8. The lowest BCUT2D eigenvalue weighted by atomic mass is 10.1. The van der Waals surface area contributed by atoms with E-state index < -0.39 is 16.1 Å². The van der Waals surface area contributed by atoms with Gasteiger partial charge in [0.2, 0.25) is 5.69 Å². The second-order valence-electron chi connectivity index (χ2n) is 6.48. The summed E-state index contributed by atoms with van der Waals surface area (Å²) in [4.78, 5) is 11.2. The smallest absolute Gasteiger partial charge is 0.335 e. The van der Waals surface area contributed by atoms with Crippen molar-refractivity contribution in [2.45, 2.75) is 20.3 Å². The first kappa shape index (κ1) is 21.5. The van der Waals surface area contributed by atoms with Crippen molar-refractivity contribution >= 4 is 33.6 Å². The Bertz CT molecular complexity index is 1010. The van der Waals surface area contributed by atoms with Crippen molar-refractivity contribution in [3.05, 3.63) is 71.3 Å². The molecule has 0 saturated heterocycles. The molecule has 0 saturated carbocycles. The van der Waals surface area contributed by atoms with E-state index in [4.69, 9.17) is 9.66 Å². The van der Waals surface area contributed by atoms with Gasteiger partial charge < -0.3 is 5.11 Å². The molecule has 0 aliphatic rings. The molecule has 0 radical (unpaired) electrons. The number of carboxylic acids is 1. The quantitative estimate of drug-likeness (QED) is 0.398. The van der Waals surface area contributed by atoms with Gasteiger partial charge in [0, 0.05) is 31.1 Å². The molecule has 0 aliphatic heterocycles. The molecule has 0 heterocycles. The molecule has 2 rings (SSSR count). The predicted molar refractivity (Wildman–Crippen MR) is 110 cm³/mol. The molecule has 0 bridgehead atoms. The van der Waals surface area contributed by atoms with Crippen LogP contribution < -0.4 is 0 Å². The third-order valence-corrected chi connectivity index (χ3v) is 5.07. The number of nitrogens with zero attached hydrogens (tertiary/aromatic N) is 1. The van der Waals surface area contributed by atoms with Crippen LogP contribution in [-0.2, 0) is 10.1 Å². The lowest BCUT2D eigenvalue weighted by molar-refractivity contribution is -0.440. The average molecular weight is 402 g/mol. The maximum absolute atomic E-state index is 11.2. The number of carboxylic acid groups (broad SMARTS) is 1. The largest absolute Gasteiger partial charge is 0.478 e. The molecule has 2 aromatic rings. The highest BCUT2D eigenvalue weighted by molar-refractivity contribution is 7.85. The zero-order valence-electron chi connectivity index (χ0n) is 15.9. The SMILES string of the molecule is CC(/C=C/c1ccccc1)=[N+](CCCS(=O)(=O)O)c1ccc(C(=O)O)cc1C. The van der Waals surface area contributed by atoms with Gasteiger partial charge in [0.15, 0.2) is 5.71 Å². The van der Waals surface area contributed by atoms with E-state index in [1.54, 1.807) is 12.1 Å². The van der Waals surface area contributed by atoms with Crippen LogP contribution in [0.2, 0.25) is 0 Å². The van der Waals surface area contributed by atoms with E-state index in [9.17, 15) is 13.2 Å². The number of hydrogen-bond donors (Lipinski definition) is 2. The maximum Gasteiger partial charge on any atom is 0.335 e. The summed E-state index contributed by atoms with van der Waals surface area (Å²) in [5.41, 5.74) is 3.63. The third-order valence-electron chi connectivity index (χ3n) is 4.26. The van der Waals surface area contributed by atoms with Gasteiger partial charge in [0.25, 0.3) is 10.1 Å². The molecule has 0 aromatic heterocycles. The van der Waals surface area contributed by atoms with E-state index >= 15 is 0 Å². The van der Waals surface area contributed by atoms with Gasteiger partial charge in [-0.05, 0) is 30.7 Å². The van der Waals surface area contributed by atoms with Gasteiger partial charge in [-0.1, -0.05) is 30.3 Å². The Labute approximate surface area is 165 Å². The summed E-state index contributed by atoms with van der Waals surface area (Å²) >= 11 is 0. The van der Waals surface area contributed by atoms with Crippen LogP contribution in [0.25, 0.3) is 6.08 Å². The second-order valence-corrected chi connectivity index (χ2v) is 8.06. The minimum absolute atomic E-state index is 0.191. The topological polar surface area (TPSA) is 94.7 Å². The molecule has 0 amide bonds. The Morgan fingerprint density at radius 3 is 2.39 bits per heavy atom. The van der Waals surface area contributed by atoms with Gasteiger partial charge in [-0.15, -0.1) is 0 Å². The number of allylic oxidation sites excluding steroid dienone is 1. The van der Waals surface area contributed by atoms with Crippen LogP contribution in [0.1, 0.15) is 34.8 Å². The van der Waals surface area contributed by atoms with Crippen molar-refractivity contribution in [2.75, 3.05) is 12.3 Å². The van der Waals surface area contributed by atoms with Crippen molar-refractivity contribution in [1.29, 1.82) is 0 Å². The fourth-order valence-electron chi connectivity index (χ4n) is 2.85. The Balaban J connectivity index is 2.41. The summed E-state index contributed by atoms with van der Waals surface area (Å²) in [5, 5.41) is 9.16. The van der Waals surface area contributed by atoms with Gasteiger partial charge in [0.1, 0.15) is 6.54 Å². The van der Waals surface area contributed by atoms with Gasteiger partial charge in [-0.25, -0.2) is 4.79 Å². The van der Waals surface area contributed by atoms with Crippen LogP contribution in [0, 0.1) is 6.92 Å². The van der Waals surface area contributed by atoms with Gasteiger partial charge in [0.05, 0.1) is 11.3 Å². The highest BCUT2D eigenvalue weighted by Crippen LogP contribution is 2.21. The van der Waals surface area contributed by atoms with Gasteiger partial charge in [-0.2, -0.15) is 13.0 Å². The molecular weight excluding hydrogens is 378 g/mol. The zero-order valence-corrected chi connectivity index (χ0v) is 16.7. The molecule has 0 atom stereocenters. The summed E-state index contributed by atoms with van der Waals surface area (Å²) in [7, 11) is -4.04. The Morgan fingerprint density at radius 2 is 1.82 bits per heavy atom. The monoisotopic (exact) mass is 402 g/mol. The molecule has 7 heteroatoms. The van der Waals surface area contributed by atoms with Gasteiger partial charge in [-0.3, -0.25) is 4.55 Å². The summed E-state index contributed by atoms with van der Waals surface area (Å²) in [6.45, 7) is 4.07. The number of benzene rings is 2. The van der Waals surface area contributed by atoms with E-state index in [1.165, 1.54) is 6.07 Å². The van der Waals surface area contributed by atoms with Crippen LogP contribution in [-0.4, -0.2) is 46.6 Å². The van der Waals surface area contributed by atoms with Crippen molar-refractivity contribution < 1.29 is 27.4 Å². The molecule has 0 fully saturated rings. The molecule has 2 aromatic carbocycles. The van der Waals surface area contributed by atoms with Crippen molar-refractivity contribution in [3.8, 4) is 0 Å². The first-order chi connectivity index (χ1) is 13.2. The summed E-state index contributed by atoms with van der Waals surface area (Å²) in [5.74, 6) is -1.34. The molecule has 0 unspecified atom stereocenters. The highest BCUT2D eigenvalue weighted by Gasteiger charge is 2.18. The molecule has 0 spiro atoms. The number of carbonyl (C=O) groups is 1. The molecular formula is C21H24NO5S+. The molecule has 28 heavy (non-hydrogen) atoms. The fraction of sp³-hybridized carbons (Fsp3) is 0.238. The second kappa shape index (κ2) is 9.43. The highest BCUT2D eigenvalue weighted by atomic mass is 32.2. The van der Waals surface area contributed by atoms with Crippen LogP contribution in [0.4, 0.5) is 5.69 Å². The fourth-order valence-corrected chi connectivity index (χ4v) is 3.35. The minimum atomic E-state index is -4.04. The predicted octanol–water partition coefficient (Wildman–Crippen LogP) is 3.79. The van der Waals surface area contributed by atoms with Crippen molar-refractivity contribution in [3.63, 3.8) is 0 Å². The van der Waals surface area contributed by atoms with Crippen molar-refractivity contribution in [2.24, 2.45) is 0 Å². The van der Waals surface area contributed by atoms with Crippen LogP contribution in [0.15, 0.2) is 54.6 Å². The lowest BCUT2D eigenvalue weighted by Gasteiger charge is -2.09. The minimum Gasteiger partial charge on any atom is -0.478 e. The van der Waals surface area contributed by atoms with Crippen LogP contribution in [0.3, 0.4) is 0 Å². The molecule has 2 N–H and O–H groups in total. The third kappa shape index (κ3) is 6.44. The number of rotatable bonds is 8. The van der Waals surface area contributed by atoms with Crippen LogP contribution in [0.5, 0.6) is 0 Å². The lowest BCUT2D eigenvalue weighted by Crippen LogP contribution is -2.18. The average Bonchev–Trinajstić information content (AvgIpc) is 2.63. The molecule has 6 nitrogen and oxygen atoms in total. The van der Waals surface area contributed by atoms with Crippen molar-refractivity contribution in [1.82, 2.24) is 0 Å². The Kier molecular flexibility index (Phi) is 7.25. The first-order valence-corrected chi connectivity index (χ1v) is 10.4. The number of hydrogen-bond acceptors (Lipinski definition) is 3. The van der Waals surface area contributed by atoms with E-state index in [-0.39, 0.29) is 17.7 Å². The van der Waals surface area contributed by atoms with E-state index in [1.807, 2.05) is 60.9 Å². The number of aryl methyl sites for hydroxylation is 1. The Hall–Kier alpha value is -2.77.